The van der Waals surface area contributed by atoms with E-state index in [1.165, 1.54) is 18.4 Å². The van der Waals surface area contributed by atoms with Gasteiger partial charge in [0.15, 0.2) is 0 Å². The van der Waals surface area contributed by atoms with Crippen LogP contribution in [0.3, 0.4) is 0 Å². The molecular formula is C26H31N5O8. The highest BCUT2D eigenvalue weighted by Gasteiger charge is 2.17. The van der Waals surface area contributed by atoms with Crippen LogP contribution < -0.4 is 16.5 Å². The first kappa shape index (κ1) is 31.8. The van der Waals surface area contributed by atoms with Gasteiger partial charge in [0, 0.05) is 32.6 Å². The van der Waals surface area contributed by atoms with Crippen LogP contribution in [0.4, 0.5) is 4.79 Å². The molecule has 0 aromatic heterocycles. The van der Waals surface area contributed by atoms with Crippen molar-refractivity contribution in [1.82, 2.24) is 15.5 Å². The summed E-state index contributed by atoms with van der Waals surface area (Å²) < 4.78 is 0. The summed E-state index contributed by atoms with van der Waals surface area (Å²) in [5, 5.41) is 34.4. The maximum atomic E-state index is 12.5. The number of carboxylic acids is 3. The van der Waals surface area contributed by atoms with Crippen molar-refractivity contribution in [2.45, 2.75) is 19.9 Å². The topological polar surface area (TPSA) is 212 Å². The van der Waals surface area contributed by atoms with Gasteiger partial charge in [0.05, 0.1) is 11.8 Å². The molecule has 0 heterocycles. The fraction of sp³-hybridized carbons (Fsp3) is 0.231. The molecule has 0 aliphatic heterocycles. The van der Waals surface area contributed by atoms with E-state index < -0.39 is 30.5 Å². The third-order valence-electron chi connectivity index (χ3n) is 4.78. The van der Waals surface area contributed by atoms with E-state index in [-0.39, 0.29) is 31.1 Å². The van der Waals surface area contributed by atoms with Gasteiger partial charge in [-0.2, -0.15) is 5.10 Å². The molecular weight excluding hydrogens is 510 g/mol. The minimum absolute atomic E-state index is 0.0497. The predicted octanol–water partition coefficient (Wildman–Crippen LogP) is 1.58. The molecule has 208 valence electrons. The summed E-state index contributed by atoms with van der Waals surface area (Å²) in [5.74, 6) is 1.61. The molecule has 2 aromatic rings. The van der Waals surface area contributed by atoms with Gasteiger partial charge >= 0.3 is 18.0 Å². The number of hydrazone groups is 1. The van der Waals surface area contributed by atoms with E-state index in [4.69, 9.17) is 20.9 Å². The number of hydrogen-bond acceptors (Lipinski definition) is 7. The maximum absolute atomic E-state index is 12.5. The van der Waals surface area contributed by atoms with Crippen molar-refractivity contribution in [2.24, 2.45) is 10.9 Å². The number of carbonyl (C=O) groups is 5. The van der Waals surface area contributed by atoms with Crippen LogP contribution in [0, 0.1) is 0 Å². The second kappa shape index (κ2) is 17.3. The van der Waals surface area contributed by atoms with Crippen LogP contribution >= 0.6 is 0 Å². The van der Waals surface area contributed by atoms with Gasteiger partial charge in [0.2, 0.25) is 5.91 Å². The quantitative estimate of drug-likeness (QED) is 0.0756. The summed E-state index contributed by atoms with van der Waals surface area (Å²) in [6, 6.07) is 12.8. The minimum Gasteiger partial charge on any atom is -0.481 e. The van der Waals surface area contributed by atoms with E-state index in [1.807, 2.05) is 0 Å². The van der Waals surface area contributed by atoms with Crippen LogP contribution in [-0.2, 0) is 20.9 Å². The molecule has 0 aliphatic rings. The van der Waals surface area contributed by atoms with Gasteiger partial charge < -0.3 is 36.7 Å². The maximum Gasteiger partial charge on any atom is 0.336 e. The van der Waals surface area contributed by atoms with Gasteiger partial charge in [0.25, 0.3) is 5.97 Å². The Kier molecular flexibility index (Phi) is 14.1. The number of nitrogens with two attached hydrogens (primary N) is 1. The van der Waals surface area contributed by atoms with Gasteiger partial charge in [-0.15, -0.1) is 0 Å². The Hall–Kier alpha value is -5.20. The third-order valence-corrected chi connectivity index (χ3v) is 4.78. The van der Waals surface area contributed by atoms with Crippen LogP contribution in [0.15, 0.2) is 59.7 Å². The van der Waals surface area contributed by atoms with Crippen molar-refractivity contribution in [2.75, 3.05) is 19.6 Å². The van der Waals surface area contributed by atoms with E-state index in [2.05, 4.69) is 15.7 Å². The van der Waals surface area contributed by atoms with Gasteiger partial charge in [-0.05, 0) is 35.3 Å². The van der Waals surface area contributed by atoms with Gasteiger partial charge in [-0.25, -0.2) is 9.59 Å². The first-order valence-electron chi connectivity index (χ1n) is 11.6. The Morgan fingerprint density at radius 1 is 0.949 bits per heavy atom. The molecule has 0 bridgehead atoms. The van der Waals surface area contributed by atoms with Gasteiger partial charge in [-0.1, -0.05) is 42.5 Å². The molecule has 3 amide bonds. The molecule has 2 aromatic carbocycles. The zero-order valence-electron chi connectivity index (χ0n) is 21.2. The average molecular weight is 542 g/mol. The van der Waals surface area contributed by atoms with Crippen molar-refractivity contribution < 1.29 is 39.3 Å². The molecule has 39 heavy (non-hydrogen) atoms. The van der Waals surface area contributed by atoms with E-state index >= 15 is 0 Å². The van der Waals surface area contributed by atoms with E-state index in [0.29, 0.717) is 12.0 Å². The highest BCUT2D eigenvalue weighted by Crippen LogP contribution is 2.09. The Labute approximate surface area is 224 Å². The summed E-state index contributed by atoms with van der Waals surface area (Å²) in [4.78, 5) is 57.0. The predicted molar refractivity (Wildman–Crippen MR) is 143 cm³/mol. The standard InChI is InChI=1S/C24H27N5O6.C2H4O2/c25-28-14-18-8-6-17(7-9-18)10-11-21(30)26-12-3-13-29(16-22(31)32)24(35)27-15-19-4-1-2-5-20(19)23(33)34;1-2(3)4/h1-2,4-11,14H,3,12-13,15-16,25H2,(H,26,30)(H,27,35)(H,31,32)(H,33,34);1H3,(H,3,4). The van der Waals surface area contributed by atoms with Crippen molar-refractivity contribution in [3.8, 4) is 0 Å². The van der Waals surface area contributed by atoms with E-state index in [0.717, 1.165) is 23.0 Å². The normalized spacial score (nSPS) is 10.4. The third kappa shape index (κ3) is 13.6. The molecule has 0 spiro atoms. The lowest BCUT2D eigenvalue weighted by Crippen LogP contribution is -2.43. The van der Waals surface area contributed by atoms with Crippen molar-refractivity contribution >= 4 is 42.1 Å². The summed E-state index contributed by atoms with van der Waals surface area (Å²) in [6.45, 7) is 0.775. The van der Waals surface area contributed by atoms with Crippen LogP contribution in [-0.4, -0.2) is 75.9 Å². The van der Waals surface area contributed by atoms with E-state index in [1.54, 1.807) is 48.5 Å². The second-order valence-electron chi connectivity index (χ2n) is 7.88. The zero-order chi connectivity index (χ0) is 29.2. The largest absolute Gasteiger partial charge is 0.481 e. The molecule has 0 saturated carbocycles. The second-order valence-corrected chi connectivity index (χ2v) is 7.88. The van der Waals surface area contributed by atoms with Gasteiger partial charge in [-0.3, -0.25) is 14.4 Å². The Morgan fingerprint density at radius 2 is 1.56 bits per heavy atom. The Bertz CT molecular complexity index is 1190. The number of benzene rings is 2. The summed E-state index contributed by atoms with van der Waals surface area (Å²) >= 11 is 0. The van der Waals surface area contributed by atoms with Crippen molar-refractivity contribution in [3.63, 3.8) is 0 Å². The summed E-state index contributed by atoms with van der Waals surface area (Å²) in [6.07, 6.45) is 4.83. The first-order chi connectivity index (χ1) is 18.5. The molecule has 0 saturated heterocycles. The average Bonchev–Trinajstić information content (AvgIpc) is 2.88. The lowest BCUT2D eigenvalue weighted by Gasteiger charge is -2.21. The fourth-order valence-corrected chi connectivity index (χ4v) is 3.07. The number of nitrogens with one attached hydrogen (secondary N) is 2. The number of carbonyl (C=O) groups excluding carboxylic acids is 2. The van der Waals surface area contributed by atoms with Gasteiger partial charge in [0.1, 0.15) is 6.54 Å². The monoisotopic (exact) mass is 541 g/mol. The number of rotatable bonds is 12. The van der Waals surface area contributed by atoms with Crippen molar-refractivity contribution in [3.05, 3.63) is 76.9 Å². The van der Waals surface area contributed by atoms with E-state index in [9.17, 15) is 24.3 Å². The minimum atomic E-state index is -1.19. The molecule has 0 radical (unpaired) electrons. The number of aromatic carboxylic acids is 1. The summed E-state index contributed by atoms with van der Waals surface area (Å²) in [5.41, 5.74) is 2.08. The lowest BCUT2D eigenvalue weighted by molar-refractivity contribution is -0.138. The smallest absolute Gasteiger partial charge is 0.336 e. The fourth-order valence-electron chi connectivity index (χ4n) is 3.07. The Balaban J connectivity index is 0.00000177. The Morgan fingerprint density at radius 3 is 2.15 bits per heavy atom. The number of carboxylic acid groups (broad SMARTS) is 3. The van der Waals surface area contributed by atoms with Crippen molar-refractivity contribution in [1.29, 1.82) is 0 Å². The summed E-state index contributed by atoms with van der Waals surface area (Å²) in [7, 11) is 0. The van der Waals surface area contributed by atoms with Crippen LogP contribution in [0.25, 0.3) is 6.08 Å². The highest BCUT2D eigenvalue weighted by molar-refractivity contribution is 5.92. The molecule has 13 nitrogen and oxygen atoms in total. The molecule has 13 heteroatoms. The number of amides is 3. The number of aliphatic carboxylic acids is 2. The SMILES string of the molecule is CC(=O)O.NN=Cc1ccc(C=CC(=O)NCCCN(CC(=O)O)C(=O)NCc2ccccc2C(=O)O)cc1. The molecule has 0 aliphatic carbocycles. The number of hydrogen-bond donors (Lipinski definition) is 6. The lowest BCUT2D eigenvalue weighted by atomic mass is 10.1. The molecule has 0 fully saturated rings. The molecule has 2 rings (SSSR count). The molecule has 0 unspecified atom stereocenters. The van der Waals surface area contributed by atoms with Crippen LogP contribution in [0.1, 0.15) is 40.4 Å². The molecule has 0 atom stereocenters. The zero-order valence-corrected chi connectivity index (χ0v) is 21.2. The highest BCUT2D eigenvalue weighted by atomic mass is 16.4. The molecule has 7 N–H and O–H groups in total. The number of urea groups is 1. The van der Waals surface area contributed by atoms with Crippen LogP contribution in [0.5, 0.6) is 0 Å². The van der Waals surface area contributed by atoms with Crippen LogP contribution in [0.2, 0.25) is 0 Å². The number of nitrogens with zero attached hydrogens (tertiary/aromatic N) is 2. The first-order valence-corrected chi connectivity index (χ1v) is 11.6.